The quantitative estimate of drug-likeness (QED) is 0.227. The van der Waals surface area contributed by atoms with Gasteiger partial charge in [-0.3, -0.25) is 9.79 Å². The first-order valence-corrected chi connectivity index (χ1v) is 9.17. The lowest BCUT2D eigenvalue weighted by Crippen LogP contribution is -2.43. The van der Waals surface area contributed by atoms with E-state index >= 15 is 0 Å². The van der Waals surface area contributed by atoms with Crippen LogP contribution < -0.4 is 16.0 Å². The Kier molecular flexibility index (Phi) is 10.6. The van der Waals surface area contributed by atoms with Crippen molar-refractivity contribution in [3.63, 3.8) is 0 Å². The first kappa shape index (κ1) is 21.5. The highest BCUT2D eigenvalue weighted by atomic mass is 127. The van der Waals surface area contributed by atoms with Crippen LogP contribution in [-0.4, -0.2) is 62.6 Å². The lowest BCUT2D eigenvalue weighted by molar-refractivity contribution is -0.122. The van der Waals surface area contributed by atoms with E-state index in [0.29, 0.717) is 13.1 Å². The Morgan fingerprint density at radius 2 is 1.79 bits per heavy atom. The molecular weight excluding hydrogens is 417 g/mol. The molecule has 6 nitrogen and oxygen atoms in total. The van der Waals surface area contributed by atoms with Crippen molar-refractivity contribution in [3.8, 4) is 0 Å². The van der Waals surface area contributed by atoms with E-state index in [1.54, 1.807) is 7.05 Å². The van der Waals surface area contributed by atoms with Crippen LogP contribution >= 0.6 is 24.0 Å². The van der Waals surface area contributed by atoms with E-state index in [1.165, 1.54) is 25.8 Å². The number of piperidine rings is 1. The number of amides is 1. The molecule has 2 rings (SSSR count). The van der Waals surface area contributed by atoms with Crippen LogP contribution in [0.2, 0.25) is 0 Å². The van der Waals surface area contributed by atoms with Gasteiger partial charge < -0.3 is 20.9 Å². The molecule has 0 aromatic carbocycles. The standard InChI is InChI=1S/C17H33N5O.HI/c1-14-6-3-4-12-22(14)13-5-9-20-17(18-2)21-11-10-19-16(23)15-7-8-15;/h14-15H,3-13H2,1-2H3,(H,19,23)(H2,18,20,21);1H. The molecule has 1 aliphatic carbocycles. The topological polar surface area (TPSA) is 68.8 Å². The van der Waals surface area contributed by atoms with Gasteiger partial charge in [0.05, 0.1) is 0 Å². The highest BCUT2D eigenvalue weighted by molar-refractivity contribution is 14.0. The van der Waals surface area contributed by atoms with E-state index in [-0.39, 0.29) is 35.8 Å². The monoisotopic (exact) mass is 451 g/mol. The third-order valence-electron chi connectivity index (χ3n) is 4.74. The average molecular weight is 451 g/mol. The summed E-state index contributed by atoms with van der Waals surface area (Å²) in [5.74, 6) is 1.30. The molecule has 2 fully saturated rings. The summed E-state index contributed by atoms with van der Waals surface area (Å²) >= 11 is 0. The van der Waals surface area contributed by atoms with Crippen LogP contribution in [0.1, 0.15) is 45.4 Å². The summed E-state index contributed by atoms with van der Waals surface area (Å²) in [5.41, 5.74) is 0. The Bertz CT molecular complexity index is 400. The summed E-state index contributed by atoms with van der Waals surface area (Å²) in [5, 5.41) is 9.54. The molecule has 7 heteroatoms. The van der Waals surface area contributed by atoms with Gasteiger partial charge >= 0.3 is 0 Å². The Balaban J connectivity index is 0.00000288. The zero-order chi connectivity index (χ0) is 16.5. The maximum atomic E-state index is 11.5. The number of halogens is 1. The van der Waals surface area contributed by atoms with Gasteiger partial charge in [-0.15, -0.1) is 24.0 Å². The number of nitrogens with one attached hydrogen (secondary N) is 3. The molecule has 1 saturated carbocycles. The smallest absolute Gasteiger partial charge is 0.223 e. The van der Waals surface area contributed by atoms with Gasteiger partial charge in [0.1, 0.15) is 0 Å². The number of carbonyl (C=O) groups excluding carboxylic acids is 1. The van der Waals surface area contributed by atoms with Crippen molar-refractivity contribution in [2.75, 3.05) is 39.8 Å². The number of likely N-dealkylation sites (tertiary alicyclic amines) is 1. The summed E-state index contributed by atoms with van der Waals surface area (Å²) in [6.45, 7) is 7.03. The summed E-state index contributed by atoms with van der Waals surface area (Å²) in [4.78, 5) is 18.3. The second-order valence-corrected chi connectivity index (χ2v) is 6.73. The van der Waals surface area contributed by atoms with E-state index in [1.807, 2.05) is 0 Å². The van der Waals surface area contributed by atoms with Gasteiger partial charge in [0, 0.05) is 45.2 Å². The number of nitrogens with zero attached hydrogens (tertiary/aromatic N) is 2. The molecule has 140 valence electrons. The van der Waals surface area contributed by atoms with Gasteiger partial charge in [0.25, 0.3) is 0 Å². The fraction of sp³-hybridized carbons (Fsp3) is 0.882. The molecule has 2 aliphatic rings. The summed E-state index contributed by atoms with van der Waals surface area (Å²) in [6, 6.07) is 0.733. The molecular formula is C17H34IN5O. The molecule has 0 bridgehead atoms. The largest absolute Gasteiger partial charge is 0.356 e. The van der Waals surface area contributed by atoms with Gasteiger partial charge in [-0.25, -0.2) is 0 Å². The van der Waals surface area contributed by atoms with Crippen LogP contribution in [0.4, 0.5) is 0 Å². The Morgan fingerprint density at radius 1 is 1.08 bits per heavy atom. The van der Waals surface area contributed by atoms with Crippen molar-refractivity contribution >= 4 is 35.8 Å². The number of aliphatic imine (C=N–C) groups is 1. The van der Waals surface area contributed by atoms with Crippen LogP contribution in [0, 0.1) is 5.92 Å². The third-order valence-corrected chi connectivity index (χ3v) is 4.74. The molecule has 1 amide bonds. The van der Waals surface area contributed by atoms with Crippen molar-refractivity contribution < 1.29 is 4.79 Å². The molecule has 1 saturated heterocycles. The zero-order valence-corrected chi connectivity index (χ0v) is 17.5. The fourth-order valence-corrected chi connectivity index (χ4v) is 3.06. The van der Waals surface area contributed by atoms with E-state index in [4.69, 9.17) is 0 Å². The van der Waals surface area contributed by atoms with Crippen molar-refractivity contribution in [1.29, 1.82) is 0 Å². The molecule has 0 radical (unpaired) electrons. The van der Waals surface area contributed by atoms with Gasteiger partial charge in [0.15, 0.2) is 5.96 Å². The normalized spacial score (nSPS) is 21.8. The van der Waals surface area contributed by atoms with Crippen molar-refractivity contribution in [2.24, 2.45) is 10.9 Å². The highest BCUT2D eigenvalue weighted by Gasteiger charge is 2.28. The highest BCUT2D eigenvalue weighted by Crippen LogP contribution is 2.28. The summed E-state index contributed by atoms with van der Waals surface area (Å²) in [7, 11) is 1.78. The molecule has 1 atom stereocenters. The van der Waals surface area contributed by atoms with Crippen molar-refractivity contribution in [1.82, 2.24) is 20.9 Å². The predicted molar refractivity (Wildman–Crippen MR) is 110 cm³/mol. The third kappa shape index (κ3) is 8.00. The van der Waals surface area contributed by atoms with Crippen LogP contribution in [-0.2, 0) is 4.79 Å². The number of carbonyl (C=O) groups is 1. The SMILES string of the molecule is CN=C(NCCCN1CCCCC1C)NCCNC(=O)C1CC1.I. The molecule has 24 heavy (non-hydrogen) atoms. The summed E-state index contributed by atoms with van der Waals surface area (Å²) < 4.78 is 0. The molecule has 0 aromatic heterocycles. The minimum atomic E-state index is 0. The predicted octanol–water partition coefficient (Wildman–Crippen LogP) is 1.56. The lowest BCUT2D eigenvalue weighted by atomic mass is 10.0. The Labute approximate surface area is 163 Å². The van der Waals surface area contributed by atoms with Crippen LogP contribution in [0.3, 0.4) is 0 Å². The lowest BCUT2D eigenvalue weighted by Gasteiger charge is -2.33. The van der Waals surface area contributed by atoms with Gasteiger partial charge in [-0.2, -0.15) is 0 Å². The second-order valence-electron chi connectivity index (χ2n) is 6.73. The molecule has 1 aliphatic heterocycles. The zero-order valence-electron chi connectivity index (χ0n) is 15.1. The minimum Gasteiger partial charge on any atom is -0.356 e. The van der Waals surface area contributed by atoms with Crippen LogP contribution in [0.5, 0.6) is 0 Å². The average Bonchev–Trinajstić information content (AvgIpc) is 3.39. The van der Waals surface area contributed by atoms with Gasteiger partial charge in [-0.1, -0.05) is 6.42 Å². The fourth-order valence-electron chi connectivity index (χ4n) is 3.06. The van der Waals surface area contributed by atoms with E-state index < -0.39 is 0 Å². The molecule has 0 aromatic rings. The maximum Gasteiger partial charge on any atom is 0.223 e. The maximum absolute atomic E-state index is 11.5. The minimum absolute atomic E-state index is 0. The Hall–Kier alpha value is -0.570. The van der Waals surface area contributed by atoms with E-state index in [2.05, 4.69) is 32.8 Å². The second kappa shape index (κ2) is 11.9. The molecule has 3 N–H and O–H groups in total. The molecule has 0 spiro atoms. The van der Waals surface area contributed by atoms with Crippen LogP contribution in [0.15, 0.2) is 4.99 Å². The number of guanidine groups is 1. The molecule has 1 unspecified atom stereocenters. The Morgan fingerprint density at radius 3 is 2.46 bits per heavy atom. The van der Waals surface area contributed by atoms with Crippen molar-refractivity contribution in [2.45, 2.75) is 51.5 Å². The number of hydrogen-bond acceptors (Lipinski definition) is 3. The van der Waals surface area contributed by atoms with Crippen molar-refractivity contribution in [3.05, 3.63) is 0 Å². The van der Waals surface area contributed by atoms with Crippen LogP contribution in [0.25, 0.3) is 0 Å². The van der Waals surface area contributed by atoms with Gasteiger partial charge in [0.2, 0.25) is 5.91 Å². The van der Waals surface area contributed by atoms with Gasteiger partial charge in [-0.05, 0) is 45.6 Å². The number of rotatable bonds is 8. The first-order valence-electron chi connectivity index (χ1n) is 9.17. The number of hydrogen-bond donors (Lipinski definition) is 3. The summed E-state index contributed by atoms with van der Waals surface area (Å²) in [6.07, 6.45) is 7.29. The molecule has 1 heterocycles. The van der Waals surface area contributed by atoms with E-state index in [9.17, 15) is 4.79 Å². The van der Waals surface area contributed by atoms with E-state index in [0.717, 1.165) is 44.4 Å². The first-order chi connectivity index (χ1) is 11.2.